The summed E-state index contributed by atoms with van der Waals surface area (Å²) in [4.78, 5) is 170. The Kier molecular flexibility index (Phi) is 28.3. The molecule has 2 saturated heterocycles. The monoisotopic (exact) mass is 1770 g/mol. The van der Waals surface area contributed by atoms with Crippen LogP contribution < -0.4 is 37.4 Å². The molecule has 10 aromatic rings. The predicted molar refractivity (Wildman–Crippen MR) is 487 cm³/mol. The summed E-state index contributed by atoms with van der Waals surface area (Å²) < 4.78 is 16.8. The van der Waals surface area contributed by atoms with E-state index in [1.807, 2.05) is 60.9 Å². The average Bonchev–Trinajstić information content (AvgIpc) is 1.60. The lowest BCUT2D eigenvalue weighted by molar-refractivity contribution is -0.137. The molecule has 0 bridgehead atoms. The Balaban J connectivity index is 0.000000199. The first-order valence-corrected chi connectivity index (χ1v) is 43.0. The second-order valence-electron chi connectivity index (χ2n) is 32.8. The normalized spacial score (nSPS) is 17.2. The third-order valence-corrected chi connectivity index (χ3v) is 23.0. The number of hydrogen-bond donors (Lipinski definition) is 9. The minimum atomic E-state index is -1.10. The molecule has 130 heavy (non-hydrogen) atoms. The van der Waals surface area contributed by atoms with Gasteiger partial charge in [0.05, 0.1) is 65.7 Å². The van der Waals surface area contributed by atoms with Crippen molar-refractivity contribution in [1.82, 2.24) is 75.3 Å². The molecule has 6 aromatic carbocycles. The van der Waals surface area contributed by atoms with Gasteiger partial charge in [-0.2, -0.15) is 10.2 Å². The number of anilines is 4. The van der Waals surface area contributed by atoms with E-state index < -0.39 is 65.2 Å². The van der Waals surface area contributed by atoms with Gasteiger partial charge in [0.25, 0.3) is 23.6 Å². The molecule has 13 amide bonds. The molecular formula is C94H103N21O15. The number of piperidine rings is 2. The minimum absolute atomic E-state index is 0.00365. The molecule has 2 fully saturated rings. The number of pyridine rings is 2. The summed E-state index contributed by atoms with van der Waals surface area (Å²) in [7, 11) is 11.5. The number of H-pyrrole nitrogens is 2. The van der Waals surface area contributed by atoms with Crippen molar-refractivity contribution in [2.24, 2.45) is 10.2 Å². The van der Waals surface area contributed by atoms with Crippen LogP contribution in [0.3, 0.4) is 0 Å². The molecule has 16 rings (SSSR count). The number of rotatable bonds is 34. The summed E-state index contributed by atoms with van der Waals surface area (Å²) in [5, 5.41) is 32.1. The number of ether oxygens (including phenoxy) is 3. The van der Waals surface area contributed by atoms with E-state index in [4.69, 9.17) is 29.3 Å². The van der Waals surface area contributed by atoms with Gasteiger partial charge in [0, 0.05) is 136 Å². The molecule has 4 atom stereocenters. The highest BCUT2D eigenvalue weighted by molar-refractivity contribution is 6.27. The van der Waals surface area contributed by atoms with E-state index in [0.717, 1.165) is 127 Å². The fourth-order valence-corrected chi connectivity index (χ4v) is 16.6. The Morgan fingerprint density at radius 3 is 1.42 bits per heavy atom. The molecule has 6 aliphatic rings. The topological polar surface area (TPSA) is 417 Å². The molecule has 36 heteroatoms. The van der Waals surface area contributed by atoms with E-state index in [1.165, 1.54) is 33.1 Å². The molecule has 0 spiro atoms. The smallest absolute Gasteiger partial charge is 0.323 e. The molecule has 4 unspecified atom stereocenters. The van der Waals surface area contributed by atoms with Gasteiger partial charge in [0.15, 0.2) is 6.79 Å². The van der Waals surface area contributed by atoms with Gasteiger partial charge in [0.1, 0.15) is 36.8 Å². The second kappa shape index (κ2) is 40.7. The first-order chi connectivity index (χ1) is 62.9. The summed E-state index contributed by atoms with van der Waals surface area (Å²) in [5.74, 6) is -5.26. The average molecular weight is 1770 g/mol. The van der Waals surface area contributed by atoms with Gasteiger partial charge in [-0.1, -0.05) is 72.8 Å². The highest BCUT2D eigenvalue weighted by atomic mass is 16.8. The maximum atomic E-state index is 13.3. The van der Waals surface area contributed by atoms with Crippen molar-refractivity contribution in [3.8, 4) is 22.5 Å². The van der Waals surface area contributed by atoms with Gasteiger partial charge >= 0.3 is 12.1 Å². The van der Waals surface area contributed by atoms with Crippen LogP contribution in [0.1, 0.15) is 133 Å². The lowest BCUT2D eigenvalue weighted by atomic mass is 9.89. The number of hydrogen-bond acceptors (Lipinski definition) is 25. The second-order valence-corrected chi connectivity index (χ2v) is 32.8. The lowest BCUT2D eigenvalue weighted by Gasteiger charge is -2.27. The van der Waals surface area contributed by atoms with E-state index >= 15 is 0 Å². The predicted octanol–water partition coefficient (Wildman–Crippen LogP) is 9.54. The van der Waals surface area contributed by atoms with E-state index in [0.29, 0.717) is 24.4 Å². The number of amides is 13. The van der Waals surface area contributed by atoms with E-state index in [1.54, 1.807) is 38.4 Å². The first kappa shape index (κ1) is 90.4. The Bertz CT molecular complexity index is 6050. The molecule has 10 heterocycles. The van der Waals surface area contributed by atoms with Crippen LogP contribution in [0.5, 0.6) is 0 Å². The van der Waals surface area contributed by atoms with Gasteiger partial charge in [0.2, 0.25) is 29.5 Å². The number of urea groups is 2. The number of benzene rings is 6. The number of fused-ring (bicyclic) bond motifs is 4. The van der Waals surface area contributed by atoms with Crippen LogP contribution in [0.25, 0.3) is 44.6 Å². The van der Waals surface area contributed by atoms with Crippen molar-refractivity contribution in [2.75, 3.05) is 143 Å². The maximum Gasteiger partial charge on any atom is 0.323 e. The maximum absolute atomic E-state index is 13.3. The van der Waals surface area contributed by atoms with Crippen molar-refractivity contribution in [1.29, 1.82) is 0 Å². The Morgan fingerprint density at radius 2 is 0.954 bits per heavy atom. The fraction of sp³-hybridized carbons (Fsp3) is 0.330. The Morgan fingerprint density at radius 1 is 0.500 bits per heavy atom. The number of aromatic amines is 2. The summed E-state index contributed by atoms with van der Waals surface area (Å²) >= 11 is 0. The highest BCUT2D eigenvalue weighted by Crippen LogP contribution is 2.40. The number of imide groups is 4. The Hall–Kier alpha value is -14.4. The number of likely N-dealkylation sites (N-methyl/N-ethyl adjacent to an activating group) is 2. The molecule has 4 aromatic heterocycles. The zero-order valence-electron chi connectivity index (χ0n) is 73.4. The summed E-state index contributed by atoms with van der Waals surface area (Å²) in [6, 6.07) is 47.4. The quantitative estimate of drug-likeness (QED) is 0.00784. The molecule has 0 saturated carbocycles. The van der Waals surface area contributed by atoms with Gasteiger partial charge < -0.3 is 65.0 Å². The summed E-state index contributed by atoms with van der Waals surface area (Å²) in [5.41, 5.74) is 19.2. The Labute approximate surface area is 749 Å². The molecule has 0 aliphatic carbocycles. The summed E-state index contributed by atoms with van der Waals surface area (Å²) in [6.45, 7) is 9.36. The zero-order valence-corrected chi connectivity index (χ0v) is 73.4. The van der Waals surface area contributed by atoms with Crippen LogP contribution in [-0.2, 0) is 56.1 Å². The van der Waals surface area contributed by atoms with E-state index in [9.17, 15) is 52.7 Å². The van der Waals surface area contributed by atoms with Gasteiger partial charge in [-0.15, -0.1) is 0 Å². The number of nitrogens with one attached hydrogen (secondary N) is 9. The highest BCUT2D eigenvalue weighted by Gasteiger charge is 2.48. The van der Waals surface area contributed by atoms with Crippen molar-refractivity contribution in [2.45, 2.75) is 83.0 Å². The number of aromatic nitrogens is 4. The van der Waals surface area contributed by atoms with Crippen LogP contribution in [0, 0.1) is 0 Å². The molecular weight excluding hydrogens is 1660 g/mol. The molecule has 0 radical (unpaired) electrons. The summed E-state index contributed by atoms with van der Waals surface area (Å²) in [6.07, 6.45) is 4.34. The van der Waals surface area contributed by atoms with Crippen LogP contribution in [0.15, 0.2) is 180 Å². The largest absolute Gasteiger partial charge is 0.375 e. The van der Waals surface area contributed by atoms with Crippen LogP contribution in [-0.4, -0.2) is 270 Å². The van der Waals surface area contributed by atoms with E-state index in [2.05, 4.69) is 192 Å². The third-order valence-electron chi connectivity index (χ3n) is 23.0. The van der Waals surface area contributed by atoms with Crippen molar-refractivity contribution in [3.63, 3.8) is 0 Å². The SMILES string of the molecule is CCN1CC(c2ccnc3[nH]c(-c4cccc(CN(C)C)c4)cc23)C(c2ccc(NC(=O)N(C)COCCCOCONc3cccc4c3C(=O)N(C3CCC(=O)NC3=O)C4=O)cc2)=N1.CCN1CC(c2ccnc3[nH]c(-c4cccc(CN(C)C)c4)cc23)C(c2ccc(NC(=O)N(C)COCCNC(=O)CNc3cccc4c3C(=O)N(C3CCC(=O)NC3=O)C4=O)cc2)=N1. The van der Waals surface area contributed by atoms with Crippen molar-refractivity contribution >= 4 is 121 Å². The molecule has 6 aliphatic heterocycles. The number of nitrogens with zero attached hydrogens (tertiary/aromatic N) is 12. The molecule has 674 valence electrons. The number of carbonyl (C=O) groups excluding carboxylic acids is 11. The number of carbonyl (C=O) groups is 11. The first-order valence-electron chi connectivity index (χ1n) is 43.0. The van der Waals surface area contributed by atoms with Gasteiger partial charge in [-0.25, -0.2) is 24.4 Å². The van der Waals surface area contributed by atoms with Crippen LogP contribution in [0.2, 0.25) is 0 Å². The lowest BCUT2D eigenvalue weighted by Crippen LogP contribution is -2.54. The molecule has 9 N–H and O–H groups in total. The standard InChI is InChI=1S/C47H51N11O7.C47H52N10O8/c1-5-57-26-35(32-18-19-49-43-34(32)23-37(52-43)30-9-6-8-28(22-30)25-55(2)3)42(54-57)29-12-14-31(15-13-29)51-47(64)56(4)27-65-21-20-48-40(60)24-50-36-11-7-10-33-41(36)46(63)58(45(33)62)38-16-17-39(59)53-44(38)61;1-5-56-26-36(33-19-20-48-43-35(33)24-38(50-43)31-10-6-9-29(23-31)25-54(2)3)42(52-56)30-13-15-32(16-14-30)49-47(62)55(4)27-63-21-8-22-64-28-65-53-37-12-7-11-34-41(37)46(61)57(45(34)60)39-17-18-40(58)51-44(39)59/h6-15,18-19,22-23,35,38,50H,5,16-17,20-21,24-27H2,1-4H3,(H,48,60)(H,49,52)(H,51,64)(H,53,59,61);6-7,9-16,19-20,23-24,36,39,53H,5,8,17-18,21-22,25-28H2,1-4H3,(H,48,50)(H,49,62)(H,51,58,59). The molecule has 36 nitrogen and oxygen atoms in total. The van der Waals surface area contributed by atoms with Gasteiger partial charge in [-0.3, -0.25) is 79.1 Å². The number of hydrazone groups is 2. The van der Waals surface area contributed by atoms with Crippen LogP contribution in [0.4, 0.5) is 32.3 Å². The fourth-order valence-electron chi connectivity index (χ4n) is 16.6. The minimum Gasteiger partial charge on any atom is -0.375 e. The zero-order chi connectivity index (χ0) is 91.4. The van der Waals surface area contributed by atoms with Crippen molar-refractivity contribution in [3.05, 3.63) is 226 Å². The van der Waals surface area contributed by atoms with E-state index in [-0.39, 0.29) is 130 Å². The van der Waals surface area contributed by atoms with Crippen molar-refractivity contribution < 1.29 is 71.8 Å². The third kappa shape index (κ3) is 20.6. The van der Waals surface area contributed by atoms with Gasteiger partial charge in [-0.05, 0) is 191 Å². The van der Waals surface area contributed by atoms with Crippen LogP contribution >= 0.6 is 0 Å².